The molecular formula is C18H14N6O2. The number of nitrogens with one attached hydrogen (secondary N) is 2. The van der Waals surface area contributed by atoms with E-state index in [0.29, 0.717) is 22.4 Å². The first-order valence-electron chi connectivity index (χ1n) is 7.93. The number of fused-ring (bicyclic) bond motifs is 1. The molecule has 0 aliphatic rings. The summed E-state index contributed by atoms with van der Waals surface area (Å²) < 4.78 is 1.60. The number of hydrogen-bond donors (Lipinski definition) is 2. The highest BCUT2D eigenvalue weighted by Gasteiger charge is 2.12. The molecule has 0 saturated heterocycles. The number of H-pyrrole nitrogens is 1. The maximum absolute atomic E-state index is 12.3. The van der Waals surface area contributed by atoms with E-state index in [1.807, 2.05) is 30.3 Å². The van der Waals surface area contributed by atoms with Gasteiger partial charge in [-0.3, -0.25) is 14.6 Å². The second-order valence-corrected chi connectivity index (χ2v) is 5.56. The van der Waals surface area contributed by atoms with E-state index in [1.165, 1.54) is 6.20 Å². The van der Waals surface area contributed by atoms with Gasteiger partial charge in [0.1, 0.15) is 11.2 Å². The molecule has 0 atom stereocenters. The fraction of sp³-hybridized carbons (Fsp3) is 0.0556. The zero-order valence-corrected chi connectivity index (χ0v) is 13.6. The molecule has 8 heteroatoms. The second kappa shape index (κ2) is 6.60. The molecule has 0 bridgehead atoms. The van der Waals surface area contributed by atoms with Gasteiger partial charge in [-0.1, -0.05) is 18.2 Å². The largest absolute Gasteiger partial charge is 0.345 e. The summed E-state index contributed by atoms with van der Waals surface area (Å²) in [6.07, 6.45) is 4.56. The number of nitrogens with zero attached hydrogens (tertiary/aromatic N) is 4. The van der Waals surface area contributed by atoms with Crippen molar-refractivity contribution in [2.45, 2.75) is 6.54 Å². The summed E-state index contributed by atoms with van der Waals surface area (Å²) in [6.45, 7) is 0.0896. The van der Waals surface area contributed by atoms with Crippen LogP contribution >= 0.6 is 0 Å². The van der Waals surface area contributed by atoms with Gasteiger partial charge in [0.2, 0.25) is 0 Å². The molecular weight excluding hydrogens is 332 g/mol. The standard InChI is InChI=1S/C18H14N6O2/c25-17(12-6-8-19-9-7-12)20-11-15-22-16-14(18(26)23-15)10-21-24(16)13-4-2-1-3-5-13/h1-10H,11H2,(H,20,25)(H,22,23,26). The summed E-state index contributed by atoms with van der Waals surface area (Å²) in [5.74, 6) is 0.0781. The minimum Gasteiger partial charge on any atom is -0.345 e. The van der Waals surface area contributed by atoms with E-state index in [9.17, 15) is 9.59 Å². The molecule has 0 unspecified atom stereocenters. The summed E-state index contributed by atoms with van der Waals surface area (Å²) in [7, 11) is 0. The number of para-hydroxylation sites is 1. The highest BCUT2D eigenvalue weighted by molar-refractivity contribution is 5.93. The fourth-order valence-electron chi connectivity index (χ4n) is 2.58. The summed E-state index contributed by atoms with van der Waals surface area (Å²) in [5, 5.41) is 7.37. The van der Waals surface area contributed by atoms with Crippen molar-refractivity contribution in [2.75, 3.05) is 0 Å². The summed E-state index contributed by atoms with van der Waals surface area (Å²) in [5.41, 5.74) is 1.42. The highest BCUT2D eigenvalue weighted by atomic mass is 16.1. The van der Waals surface area contributed by atoms with Gasteiger partial charge in [-0.2, -0.15) is 5.10 Å². The van der Waals surface area contributed by atoms with Crippen LogP contribution in [0, 0.1) is 0 Å². The molecule has 0 aliphatic carbocycles. The zero-order valence-electron chi connectivity index (χ0n) is 13.6. The molecule has 8 nitrogen and oxygen atoms in total. The Morgan fingerprint density at radius 2 is 1.88 bits per heavy atom. The number of aromatic amines is 1. The normalized spacial score (nSPS) is 10.8. The predicted molar refractivity (Wildman–Crippen MR) is 94.9 cm³/mol. The lowest BCUT2D eigenvalue weighted by Crippen LogP contribution is -2.25. The molecule has 3 aromatic heterocycles. The molecule has 4 rings (SSSR count). The van der Waals surface area contributed by atoms with Gasteiger partial charge >= 0.3 is 0 Å². The van der Waals surface area contributed by atoms with Crippen molar-refractivity contribution in [3.63, 3.8) is 0 Å². The molecule has 0 aliphatic heterocycles. The second-order valence-electron chi connectivity index (χ2n) is 5.56. The average Bonchev–Trinajstić information content (AvgIpc) is 3.12. The minimum atomic E-state index is -0.301. The van der Waals surface area contributed by atoms with Crippen LogP contribution in [-0.2, 0) is 6.54 Å². The van der Waals surface area contributed by atoms with Crippen molar-refractivity contribution in [3.05, 3.63) is 82.8 Å². The van der Waals surface area contributed by atoms with Crippen molar-refractivity contribution in [2.24, 2.45) is 0 Å². The first kappa shape index (κ1) is 15.7. The molecule has 3 heterocycles. The van der Waals surface area contributed by atoms with Gasteiger partial charge in [0.05, 0.1) is 18.4 Å². The first-order chi connectivity index (χ1) is 12.7. The van der Waals surface area contributed by atoms with Crippen molar-refractivity contribution >= 4 is 16.9 Å². The van der Waals surface area contributed by atoms with Crippen LogP contribution in [-0.4, -0.2) is 30.6 Å². The van der Waals surface area contributed by atoms with Crippen molar-refractivity contribution in [1.29, 1.82) is 0 Å². The van der Waals surface area contributed by atoms with E-state index >= 15 is 0 Å². The van der Waals surface area contributed by atoms with Crippen LogP contribution in [0.2, 0.25) is 0 Å². The number of aromatic nitrogens is 5. The van der Waals surface area contributed by atoms with E-state index in [4.69, 9.17) is 0 Å². The lowest BCUT2D eigenvalue weighted by molar-refractivity contribution is 0.0949. The Morgan fingerprint density at radius 3 is 2.65 bits per heavy atom. The molecule has 1 aromatic carbocycles. The first-order valence-corrected chi connectivity index (χ1v) is 7.93. The lowest BCUT2D eigenvalue weighted by Gasteiger charge is -2.06. The molecule has 1 amide bonds. The monoisotopic (exact) mass is 346 g/mol. The van der Waals surface area contributed by atoms with Gasteiger partial charge in [0.15, 0.2) is 5.65 Å². The maximum atomic E-state index is 12.3. The van der Waals surface area contributed by atoms with E-state index in [-0.39, 0.29) is 18.0 Å². The summed E-state index contributed by atoms with van der Waals surface area (Å²) >= 11 is 0. The van der Waals surface area contributed by atoms with E-state index in [0.717, 1.165) is 5.69 Å². The van der Waals surface area contributed by atoms with E-state index in [1.54, 1.807) is 29.2 Å². The van der Waals surface area contributed by atoms with Crippen LogP contribution in [0.4, 0.5) is 0 Å². The van der Waals surface area contributed by atoms with E-state index in [2.05, 4.69) is 25.4 Å². The van der Waals surface area contributed by atoms with Crippen molar-refractivity contribution in [1.82, 2.24) is 30.0 Å². The fourth-order valence-corrected chi connectivity index (χ4v) is 2.58. The van der Waals surface area contributed by atoms with Gasteiger partial charge in [0.25, 0.3) is 11.5 Å². The molecule has 0 radical (unpaired) electrons. The third kappa shape index (κ3) is 2.95. The molecule has 2 N–H and O–H groups in total. The van der Waals surface area contributed by atoms with Crippen LogP contribution < -0.4 is 10.9 Å². The zero-order chi connectivity index (χ0) is 17.9. The van der Waals surface area contributed by atoms with Crippen LogP contribution in [0.5, 0.6) is 0 Å². The number of hydrogen-bond acceptors (Lipinski definition) is 5. The van der Waals surface area contributed by atoms with Crippen LogP contribution in [0.25, 0.3) is 16.7 Å². The molecule has 128 valence electrons. The molecule has 26 heavy (non-hydrogen) atoms. The molecule has 4 aromatic rings. The minimum absolute atomic E-state index is 0.0896. The Balaban J connectivity index is 1.64. The maximum Gasteiger partial charge on any atom is 0.262 e. The average molecular weight is 346 g/mol. The highest BCUT2D eigenvalue weighted by Crippen LogP contribution is 2.13. The number of pyridine rings is 1. The number of amides is 1. The number of carbonyl (C=O) groups is 1. The quantitative estimate of drug-likeness (QED) is 0.581. The lowest BCUT2D eigenvalue weighted by atomic mass is 10.2. The van der Waals surface area contributed by atoms with Crippen LogP contribution in [0.15, 0.2) is 65.8 Å². The molecule has 0 saturated carbocycles. The smallest absolute Gasteiger partial charge is 0.262 e. The van der Waals surface area contributed by atoms with Crippen LogP contribution in [0.3, 0.4) is 0 Å². The third-order valence-corrected chi connectivity index (χ3v) is 3.85. The van der Waals surface area contributed by atoms with Gasteiger partial charge in [0, 0.05) is 18.0 Å². The Labute approximate surface area is 147 Å². The Hall–Kier alpha value is -3.81. The number of benzene rings is 1. The van der Waals surface area contributed by atoms with Gasteiger partial charge < -0.3 is 10.3 Å². The predicted octanol–water partition coefficient (Wildman–Crippen LogP) is 1.43. The molecule has 0 spiro atoms. The number of carbonyl (C=O) groups excluding carboxylic acids is 1. The summed E-state index contributed by atoms with van der Waals surface area (Å²) in [4.78, 5) is 35.4. The third-order valence-electron chi connectivity index (χ3n) is 3.85. The topological polar surface area (TPSA) is 106 Å². The van der Waals surface area contributed by atoms with Gasteiger partial charge in [-0.25, -0.2) is 9.67 Å². The van der Waals surface area contributed by atoms with E-state index < -0.39 is 0 Å². The Morgan fingerprint density at radius 1 is 1.12 bits per heavy atom. The Bertz CT molecular complexity index is 1120. The Kier molecular flexibility index (Phi) is 3.98. The summed E-state index contributed by atoms with van der Waals surface area (Å²) in [6, 6.07) is 12.6. The van der Waals surface area contributed by atoms with Crippen LogP contribution in [0.1, 0.15) is 16.2 Å². The SMILES string of the molecule is O=C(NCc1nc2c(cnn2-c2ccccc2)c(=O)[nH]1)c1ccncc1. The van der Waals surface area contributed by atoms with Gasteiger partial charge in [-0.05, 0) is 24.3 Å². The number of rotatable bonds is 4. The molecule has 0 fully saturated rings. The van der Waals surface area contributed by atoms with Crippen molar-refractivity contribution in [3.8, 4) is 5.69 Å². The van der Waals surface area contributed by atoms with Crippen molar-refractivity contribution < 1.29 is 4.79 Å². The van der Waals surface area contributed by atoms with Gasteiger partial charge in [-0.15, -0.1) is 0 Å².